The number of alkyl halides is 3. The van der Waals surface area contributed by atoms with Crippen molar-refractivity contribution in [3.05, 3.63) is 53.6 Å². The monoisotopic (exact) mass is 420 g/mol. The van der Waals surface area contributed by atoms with Crippen molar-refractivity contribution in [1.29, 1.82) is 0 Å². The number of hydrogen-bond acceptors (Lipinski definition) is 5. The average molecular weight is 420 g/mol. The molecule has 1 N–H and O–H groups in total. The lowest BCUT2D eigenvalue weighted by molar-refractivity contribution is -0.141. The van der Waals surface area contributed by atoms with Crippen molar-refractivity contribution in [3.8, 4) is 5.75 Å². The van der Waals surface area contributed by atoms with Crippen LogP contribution in [-0.4, -0.2) is 40.6 Å². The molecule has 0 aromatic carbocycles. The molecule has 1 amide bonds. The molecule has 3 heterocycles. The first-order valence-corrected chi connectivity index (χ1v) is 9.23. The Morgan fingerprint density at radius 3 is 2.63 bits per heavy atom. The van der Waals surface area contributed by atoms with Crippen molar-refractivity contribution in [2.24, 2.45) is 0 Å². The Morgan fingerprint density at radius 1 is 1.20 bits per heavy atom. The van der Waals surface area contributed by atoms with Gasteiger partial charge in [0.1, 0.15) is 22.9 Å². The van der Waals surface area contributed by atoms with E-state index in [2.05, 4.69) is 15.3 Å². The highest BCUT2D eigenvalue weighted by atomic mass is 19.4. The summed E-state index contributed by atoms with van der Waals surface area (Å²) in [5, 5.41) is 2.40. The van der Waals surface area contributed by atoms with E-state index < -0.39 is 17.8 Å². The lowest BCUT2D eigenvalue weighted by atomic mass is 9.80. The van der Waals surface area contributed by atoms with Gasteiger partial charge in [-0.3, -0.25) is 4.79 Å². The van der Waals surface area contributed by atoms with E-state index in [0.717, 1.165) is 24.6 Å². The molecule has 10 heteroatoms. The SMILES string of the molecule is COc1cc2nc(C3CC(OC)C3)cn2cc1C(=O)Nc1cccc(C(F)(F)F)n1. The summed E-state index contributed by atoms with van der Waals surface area (Å²) in [6.07, 6.45) is 0.771. The number of pyridine rings is 2. The fourth-order valence-corrected chi connectivity index (χ4v) is 3.42. The third-order valence-corrected chi connectivity index (χ3v) is 5.17. The summed E-state index contributed by atoms with van der Waals surface area (Å²) in [6, 6.07) is 4.92. The van der Waals surface area contributed by atoms with Crippen LogP contribution in [0.25, 0.3) is 5.65 Å². The molecule has 0 spiro atoms. The number of carbonyl (C=O) groups is 1. The van der Waals surface area contributed by atoms with Gasteiger partial charge in [0.15, 0.2) is 0 Å². The number of imidazole rings is 1. The smallest absolute Gasteiger partial charge is 0.433 e. The zero-order chi connectivity index (χ0) is 21.5. The Hall–Kier alpha value is -3.14. The average Bonchev–Trinajstić information content (AvgIpc) is 3.08. The number of ether oxygens (including phenoxy) is 2. The molecular formula is C20H19F3N4O3. The summed E-state index contributed by atoms with van der Waals surface area (Å²) in [5.74, 6) is -0.304. The first kappa shape index (κ1) is 20.1. The van der Waals surface area contributed by atoms with Crippen LogP contribution in [0.5, 0.6) is 5.75 Å². The Balaban J connectivity index is 1.60. The molecule has 1 fully saturated rings. The van der Waals surface area contributed by atoms with E-state index in [1.54, 1.807) is 23.8 Å². The summed E-state index contributed by atoms with van der Waals surface area (Å²) in [4.78, 5) is 20.8. The second-order valence-electron chi connectivity index (χ2n) is 7.07. The minimum atomic E-state index is -4.60. The predicted octanol–water partition coefficient (Wildman–Crippen LogP) is 3.90. The minimum absolute atomic E-state index is 0.150. The van der Waals surface area contributed by atoms with Gasteiger partial charge in [-0.1, -0.05) is 6.07 Å². The molecule has 0 atom stereocenters. The minimum Gasteiger partial charge on any atom is -0.496 e. The van der Waals surface area contributed by atoms with Gasteiger partial charge in [0.05, 0.1) is 24.5 Å². The van der Waals surface area contributed by atoms with Crippen LogP contribution in [0.4, 0.5) is 19.0 Å². The van der Waals surface area contributed by atoms with E-state index >= 15 is 0 Å². The highest BCUT2D eigenvalue weighted by molar-refractivity contribution is 6.05. The third-order valence-electron chi connectivity index (χ3n) is 5.17. The second kappa shape index (κ2) is 7.60. The fourth-order valence-electron chi connectivity index (χ4n) is 3.42. The Labute approximate surface area is 169 Å². The number of methoxy groups -OCH3 is 2. The van der Waals surface area contributed by atoms with E-state index in [1.165, 1.54) is 19.2 Å². The maximum atomic E-state index is 12.9. The number of rotatable bonds is 5. The van der Waals surface area contributed by atoms with Crippen LogP contribution in [0.1, 0.15) is 40.5 Å². The van der Waals surface area contributed by atoms with Crippen molar-refractivity contribution in [2.75, 3.05) is 19.5 Å². The van der Waals surface area contributed by atoms with Gasteiger partial charge < -0.3 is 19.2 Å². The molecule has 7 nitrogen and oxygen atoms in total. The molecular weight excluding hydrogens is 401 g/mol. The molecule has 0 bridgehead atoms. The molecule has 0 aliphatic heterocycles. The van der Waals surface area contributed by atoms with Gasteiger partial charge in [0, 0.05) is 31.5 Å². The highest BCUT2D eigenvalue weighted by Gasteiger charge is 2.33. The Kier molecular flexibility index (Phi) is 5.10. The fraction of sp³-hybridized carbons (Fsp3) is 0.350. The topological polar surface area (TPSA) is 77.8 Å². The number of carbonyl (C=O) groups excluding carboxylic acids is 1. The van der Waals surface area contributed by atoms with Crippen molar-refractivity contribution >= 4 is 17.4 Å². The van der Waals surface area contributed by atoms with Crippen molar-refractivity contribution < 1.29 is 27.4 Å². The molecule has 4 rings (SSSR count). The second-order valence-corrected chi connectivity index (χ2v) is 7.07. The van der Waals surface area contributed by atoms with Crippen LogP contribution in [0.15, 0.2) is 36.7 Å². The van der Waals surface area contributed by atoms with E-state index in [9.17, 15) is 18.0 Å². The van der Waals surface area contributed by atoms with E-state index in [0.29, 0.717) is 5.65 Å². The van der Waals surface area contributed by atoms with Crippen molar-refractivity contribution in [2.45, 2.75) is 31.0 Å². The Bertz CT molecular complexity index is 1090. The van der Waals surface area contributed by atoms with Crippen LogP contribution in [-0.2, 0) is 10.9 Å². The zero-order valence-corrected chi connectivity index (χ0v) is 16.2. The van der Waals surface area contributed by atoms with Gasteiger partial charge in [-0.15, -0.1) is 0 Å². The molecule has 1 saturated carbocycles. The van der Waals surface area contributed by atoms with Gasteiger partial charge in [0.25, 0.3) is 5.91 Å². The molecule has 0 radical (unpaired) electrons. The van der Waals surface area contributed by atoms with E-state index in [4.69, 9.17) is 9.47 Å². The number of anilines is 1. The van der Waals surface area contributed by atoms with Crippen LogP contribution < -0.4 is 10.1 Å². The first-order valence-electron chi connectivity index (χ1n) is 9.23. The molecule has 1 aliphatic carbocycles. The van der Waals surface area contributed by atoms with Crippen LogP contribution in [0.2, 0.25) is 0 Å². The summed E-state index contributed by atoms with van der Waals surface area (Å²) in [5.41, 5.74) is 0.562. The van der Waals surface area contributed by atoms with Gasteiger partial charge in [-0.25, -0.2) is 9.97 Å². The zero-order valence-electron chi connectivity index (χ0n) is 16.2. The van der Waals surface area contributed by atoms with Gasteiger partial charge in [-0.2, -0.15) is 13.2 Å². The van der Waals surface area contributed by atoms with Crippen LogP contribution in [0.3, 0.4) is 0 Å². The molecule has 3 aromatic rings. The van der Waals surface area contributed by atoms with Gasteiger partial charge in [-0.05, 0) is 25.0 Å². The molecule has 1 aliphatic rings. The molecule has 0 saturated heterocycles. The summed E-state index contributed by atoms with van der Waals surface area (Å²) < 4.78 is 50.9. The van der Waals surface area contributed by atoms with Gasteiger partial charge in [0.2, 0.25) is 0 Å². The number of fused-ring (bicyclic) bond motifs is 1. The molecule has 3 aromatic heterocycles. The maximum absolute atomic E-state index is 12.9. The summed E-state index contributed by atoms with van der Waals surface area (Å²) in [6.45, 7) is 0. The normalized spacial score (nSPS) is 18.8. The standard InChI is InChI=1S/C20H19F3N4O3/c1-29-12-6-11(7-12)14-10-27-9-13(15(30-2)8-18(27)24-14)19(28)26-17-5-3-4-16(25-17)20(21,22)23/h3-5,8-12H,6-7H2,1-2H3,(H,25,26,28). The lowest BCUT2D eigenvalue weighted by Crippen LogP contribution is -2.28. The predicted molar refractivity (Wildman–Crippen MR) is 102 cm³/mol. The number of halogens is 3. The molecule has 30 heavy (non-hydrogen) atoms. The number of nitrogens with zero attached hydrogens (tertiary/aromatic N) is 3. The van der Waals surface area contributed by atoms with Gasteiger partial charge >= 0.3 is 6.18 Å². The first-order chi connectivity index (χ1) is 14.3. The molecule has 158 valence electrons. The highest BCUT2D eigenvalue weighted by Crippen LogP contribution is 2.38. The number of aromatic nitrogens is 3. The van der Waals surface area contributed by atoms with E-state index in [-0.39, 0.29) is 29.2 Å². The maximum Gasteiger partial charge on any atom is 0.433 e. The van der Waals surface area contributed by atoms with Crippen LogP contribution >= 0.6 is 0 Å². The molecule has 0 unspecified atom stereocenters. The van der Waals surface area contributed by atoms with Crippen LogP contribution in [0, 0.1) is 0 Å². The summed E-state index contributed by atoms with van der Waals surface area (Å²) >= 11 is 0. The summed E-state index contributed by atoms with van der Waals surface area (Å²) in [7, 11) is 3.09. The van der Waals surface area contributed by atoms with Crippen molar-refractivity contribution in [1.82, 2.24) is 14.4 Å². The quantitative estimate of drug-likeness (QED) is 0.677. The van der Waals surface area contributed by atoms with E-state index in [1.807, 2.05) is 6.20 Å². The Morgan fingerprint density at radius 2 is 1.97 bits per heavy atom. The lowest BCUT2D eigenvalue weighted by Gasteiger charge is -2.32. The number of hydrogen-bond donors (Lipinski definition) is 1. The number of nitrogens with one attached hydrogen (secondary N) is 1. The van der Waals surface area contributed by atoms with Crippen molar-refractivity contribution in [3.63, 3.8) is 0 Å². The third kappa shape index (κ3) is 3.82. The largest absolute Gasteiger partial charge is 0.496 e. The number of amides is 1.